The van der Waals surface area contributed by atoms with Crippen molar-refractivity contribution in [2.45, 2.75) is 18.9 Å². The summed E-state index contributed by atoms with van der Waals surface area (Å²) < 4.78 is 0. The molecule has 21 heavy (non-hydrogen) atoms. The molecule has 2 amide bonds. The van der Waals surface area contributed by atoms with E-state index in [-0.39, 0.29) is 17.9 Å². The third-order valence-corrected chi connectivity index (χ3v) is 4.33. The van der Waals surface area contributed by atoms with Crippen molar-refractivity contribution >= 4 is 17.5 Å². The van der Waals surface area contributed by atoms with E-state index in [0.29, 0.717) is 12.1 Å². The van der Waals surface area contributed by atoms with E-state index in [1.165, 1.54) is 4.90 Å². The second kappa shape index (κ2) is 5.95. The average molecular weight is 287 g/mol. The van der Waals surface area contributed by atoms with Crippen LogP contribution in [0.4, 0.5) is 5.69 Å². The number of imide groups is 1. The highest BCUT2D eigenvalue weighted by Gasteiger charge is 2.42. The fourth-order valence-electron chi connectivity index (χ4n) is 3.13. The van der Waals surface area contributed by atoms with Gasteiger partial charge < -0.3 is 4.90 Å². The van der Waals surface area contributed by atoms with Gasteiger partial charge >= 0.3 is 0 Å². The lowest BCUT2D eigenvalue weighted by Gasteiger charge is -2.25. The molecule has 1 atom stereocenters. The number of hydrogen-bond acceptors (Lipinski definition) is 4. The van der Waals surface area contributed by atoms with Crippen molar-refractivity contribution < 1.29 is 9.59 Å². The van der Waals surface area contributed by atoms with Crippen LogP contribution in [0.2, 0.25) is 0 Å². The highest BCUT2D eigenvalue weighted by molar-refractivity contribution is 6.22. The Morgan fingerprint density at radius 3 is 2.52 bits per heavy atom. The minimum absolute atomic E-state index is 0.0734. The third kappa shape index (κ3) is 2.84. The fraction of sp³-hybridized carbons (Fsp3) is 0.500. The number of rotatable bonds is 2. The van der Waals surface area contributed by atoms with Crippen LogP contribution >= 0.6 is 0 Å². The first-order valence-electron chi connectivity index (χ1n) is 7.51. The lowest BCUT2D eigenvalue weighted by molar-refractivity contribution is -0.122. The normalized spacial score (nSPS) is 25.4. The summed E-state index contributed by atoms with van der Waals surface area (Å²) in [4.78, 5) is 30.7. The Hall–Kier alpha value is -1.72. The Balaban J connectivity index is 1.77. The number of nitrogens with zero attached hydrogens (tertiary/aromatic N) is 3. The highest BCUT2D eigenvalue weighted by atomic mass is 16.2. The van der Waals surface area contributed by atoms with Crippen LogP contribution in [0.5, 0.6) is 0 Å². The third-order valence-electron chi connectivity index (χ3n) is 4.33. The van der Waals surface area contributed by atoms with Crippen LogP contribution in [-0.4, -0.2) is 60.9 Å². The molecule has 112 valence electrons. The first kappa shape index (κ1) is 14.2. The summed E-state index contributed by atoms with van der Waals surface area (Å²) in [5, 5.41) is 0. The summed E-state index contributed by atoms with van der Waals surface area (Å²) in [6.45, 7) is 3.73. The molecular formula is C16H21N3O2. The predicted molar refractivity (Wildman–Crippen MR) is 81.0 cm³/mol. The molecule has 3 rings (SSSR count). The van der Waals surface area contributed by atoms with Crippen molar-refractivity contribution in [1.29, 1.82) is 0 Å². The summed E-state index contributed by atoms with van der Waals surface area (Å²) in [7, 11) is 2.10. The highest BCUT2D eigenvalue weighted by Crippen LogP contribution is 2.25. The Labute approximate surface area is 125 Å². The van der Waals surface area contributed by atoms with E-state index in [4.69, 9.17) is 0 Å². The Morgan fingerprint density at radius 1 is 1.00 bits per heavy atom. The van der Waals surface area contributed by atoms with Gasteiger partial charge in [0.05, 0.1) is 18.2 Å². The summed E-state index contributed by atoms with van der Waals surface area (Å²) in [6.07, 6.45) is 1.34. The van der Waals surface area contributed by atoms with Crippen LogP contribution in [0.25, 0.3) is 0 Å². The van der Waals surface area contributed by atoms with Crippen LogP contribution in [0, 0.1) is 0 Å². The van der Waals surface area contributed by atoms with E-state index in [1.807, 2.05) is 30.3 Å². The molecular weight excluding hydrogens is 266 g/mol. The largest absolute Gasteiger partial charge is 0.305 e. The van der Waals surface area contributed by atoms with Gasteiger partial charge in [0.2, 0.25) is 5.91 Å². The zero-order valence-corrected chi connectivity index (χ0v) is 12.4. The van der Waals surface area contributed by atoms with Gasteiger partial charge in [0.1, 0.15) is 0 Å². The Kier molecular flexibility index (Phi) is 4.03. The van der Waals surface area contributed by atoms with Crippen LogP contribution in [0.3, 0.4) is 0 Å². The molecule has 0 radical (unpaired) electrons. The molecule has 2 heterocycles. The molecule has 5 heteroatoms. The van der Waals surface area contributed by atoms with Crippen molar-refractivity contribution in [3.8, 4) is 0 Å². The number of anilines is 1. The van der Waals surface area contributed by atoms with Crippen LogP contribution in [0.1, 0.15) is 12.8 Å². The lowest BCUT2D eigenvalue weighted by Crippen LogP contribution is -2.43. The average Bonchev–Trinajstić information content (AvgIpc) is 2.64. The quantitative estimate of drug-likeness (QED) is 0.760. The lowest BCUT2D eigenvalue weighted by atomic mass is 10.2. The van der Waals surface area contributed by atoms with Gasteiger partial charge in [-0.15, -0.1) is 0 Å². The molecule has 2 aliphatic heterocycles. The SMILES string of the molecule is CN1CCCN([C@H]2CC(=O)N(c3ccccc3)C2=O)CC1. The standard InChI is InChI=1S/C16H21N3O2/c1-17-8-5-9-18(11-10-17)14-12-15(20)19(16(14)21)13-6-3-2-4-7-13/h2-4,6-7,14H,5,8-12H2,1H3/t14-/m0/s1. The topological polar surface area (TPSA) is 43.9 Å². The molecule has 0 aromatic heterocycles. The molecule has 2 fully saturated rings. The van der Waals surface area contributed by atoms with E-state index in [1.54, 1.807) is 0 Å². The monoisotopic (exact) mass is 287 g/mol. The fourth-order valence-corrected chi connectivity index (χ4v) is 3.13. The van der Waals surface area contributed by atoms with Gasteiger partial charge in [0.15, 0.2) is 0 Å². The van der Waals surface area contributed by atoms with Gasteiger partial charge in [-0.3, -0.25) is 14.5 Å². The zero-order chi connectivity index (χ0) is 14.8. The molecule has 2 aliphatic rings. The van der Waals surface area contributed by atoms with E-state index < -0.39 is 0 Å². The number of hydrogen-bond donors (Lipinski definition) is 0. The number of benzene rings is 1. The Bertz CT molecular complexity index is 532. The molecule has 0 aliphatic carbocycles. The summed E-state index contributed by atoms with van der Waals surface area (Å²) in [5.74, 6) is -0.162. The molecule has 0 saturated carbocycles. The zero-order valence-electron chi connectivity index (χ0n) is 12.4. The van der Waals surface area contributed by atoms with Gasteiger partial charge in [-0.2, -0.15) is 0 Å². The number of amides is 2. The first-order valence-corrected chi connectivity index (χ1v) is 7.51. The summed E-state index contributed by atoms with van der Waals surface area (Å²) >= 11 is 0. The molecule has 2 saturated heterocycles. The molecule has 0 spiro atoms. The van der Waals surface area contributed by atoms with Gasteiger partial charge in [-0.05, 0) is 32.1 Å². The van der Waals surface area contributed by atoms with Crippen molar-refractivity contribution in [2.24, 2.45) is 0 Å². The number of para-hydroxylation sites is 1. The maximum atomic E-state index is 12.7. The molecule has 1 aromatic rings. The molecule has 1 aromatic carbocycles. The first-order chi connectivity index (χ1) is 10.2. The molecule has 0 bridgehead atoms. The van der Waals surface area contributed by atoms with Crippen molar-refractivity contribution in [3.63, 3.8) is 0 Å². The van der Waals surface area contributed by atoms with Crippen molar-refractivity contribution in [1.82, 2.24) is 9.80 Å². The molecule has 0 N–H and O–H groups in total. The van der Waals surface area contributed by atoms with Crippen molar-refractivity contribution in [2.75, 3.05) is 38.1 Å². The summed E-state index contributed by atoms with van der Waals surface area (Å²) in [6, 6.07) is 8.93. The second-order valence-corrected chi connectivity index (χ2v) is 5.82. The number of likely N-dealkylation sites (N-methyl/N-ethyl adjacent to an activating group) is 1. The Morgan fingerprint density at radius 2 is 1.76 bits per heavy atom. The smallest absolute Gasteiger partial charge is 0.251 e. The maximum Gasteiger partial charge on any atom is 0.251 e. The van der Waals surface area contributed by atoms with E-state index in [9.17, 15) is 9.59 Å². The number of carbonyl (C=O) groups excluding carboxylic acids is 2. The minimum atomic E-state index is -0.288. The van der Waals surface area contributed by atoms with Gasteiger partial charge in [-0.1, -0.05) is 18.2 Å². The minimum Gasteiger partial charge on any atom is -0.305 e. The summed E-state index contributed by atoms with van der Waals surface area (Å²) in [5.41, 5.74) is 0.682. The molecule has 5 nitrogen and oxygen atoms in total. The van der Waals surface area contributed by atoms with Crippen molar-refractivity contribution in [3.05, 3.63) is 30.3 Å². The van der Waals surface area contributed by atoms with Gasteiger partial charge in [0, 0.05) is 19.6 Å². The van der Waals surface area contributed by atoms with Gasteiger partial charge in [-0.25, -0.2) is 4.90 Å². The van der Waals surface area contributed by atoms with Crippen LogP contribution in [0.15, 0.2) is 30.3 Å². The number of carbonyl (C=O) groups is 2. The van der Waals surface area contributed by atoms with Gasteiger partial charge in [0.25, 0.3) is 5.91 Å². The van der Waals surface area contributed by atoms with Crippen LogP contribution in [-0.2, 0) is 9.59 Å². The molecule has 0 unspecified atom stereocenters. The van der Waals surface area contributed by atoms with E-state index >= 15 is 0 Å². The second-order valence-electron chi connectivity index (χ2n) is 5.82. The maximum absolute atomic E-state index is 12.7. The predicted octanol–water partition coefficient (Wildman–Crippen LogP) is 0.956. The van der Waals surface area contributed by atoms with E-state index in [2.05, 4.69) is 16.8 Å². The van der Waals surface area contributed by atoms with Crippen LogP contribution < -0.4 is 4.90 Å². The van der Waals surface area contributed by atoms with E-state index in [0.717, 1.165) is 32.6 Å².